The number of anilines is 1. The van der Waals surface area contributed by atoms with Crippen LogP contribution in [0.3, 0.4) is 0 Å². The normalized spacial score (nSPS) is 25.6. The van der Waals surface area contributed by atoms with E-state index in [2.05, 4.69) is 38.7 Å². The molecule has 2 saturated heterocycles. The van der Waals surface area contributed by atoms with Gasteiger partial charge in [0.05, 0.1) is 18.8 Å². The number of ether oxygens (including phenoxy) is 3. The van der Waals surface area contributed by atoms with E-state index in [4.69, 9.17) is 19.2 Å². The van der Waals surface area contributed by atoms with Crippen molar-refractivity contribution in [2.24, 2.45) is 0 Å². The Morgan fingerprint density at radius 2 is 2.18 bits per heavy atom. The summed E-state index contributed by atoms with van der Waals surface area (Å²) in [5.41, 5.74) is 2.71. The molecule has 38 heavy (non-hydrogen) atoms. The van der Waals surface area contributed by atoms with Crippen LogP contribution >= 0.6 is 15.9 Å². The number of aryl methyl sites for hydroxylation is 1. The maximum atomic E-state index is 14.1. The Hall–Kier alpha value is -2.07. The van der Waals surface area contributed by atoms with Gasteiger partial charge in [0.25, 0.3) is 0 Å². The van der Waals surface area contributed by atoms with Gasteiger partial charge in [-0.2, -0.15) is 0 Å². The van der Waals surface area contributed by atoms with Crippen molar-refractivity contribution in [2.75, 3.05) is 38.2 Å². The standard InChI is InChI=1S/C29H37BrFN3O4/c1-29(38-28(35)26(30)24-15-20(31)8-10-23(24)25-6-4-14-37-25)16-19-7-9-21(34-27(19)33-18-29)5-2-3-13-36-22-11-12-32-17-22/h7-10,15,22,25-26,32H,2-6,11-14,16-18H2,1H3,(H,33,34)/t22-,25?,26?,29?/m1/s1. The summed E-state index contributed by atoms with van der Waals surface area (Å²) in [5, 5.41) is 6.69. The molecule has 0 radical (unpaired) electrons. The molecule has 0 spiro atoms. The number of nitrogens with one attached hydrogen (secondary N) is 2. The summed E-state index contributed by atoms with van der Waals surface area (Å²) >= 11 is 3.49. The Labute approximate surface area is 232 Å². The van der Waals surface area contributed by atoms with Crippen molar-refractivity contribution in [1.82, 2.24) is 10.3 Å². The fraction of sp³-hybridized carbons (Fsp3) is 0.586. The molecular weight excluding hydrogens is 553 g/mol. The third-order valence-electron chi connectivity index (χ3n) is 7.58. The molecule has 0 amide bonds. The molecule has 0 bridgehead atoms. The van der Waals surface area contributed by atoms with Gasteiger partial charge in [0, 0.05) is 31.9 Å². The maximum absolute atomic E-state index is 14.1. The van der Waals surface area contributed by atoms with Crippen LogP contribution in [0.25, 0.3) is 0 Å². The van der Waals surface area contributed by atoms with Crippen molar-refractivity contribution in [3.05, 3.63) is 58.5 Å². The largest absolute Gasteiger partial charge is 0.456 e. The third kappa shape index (κ3) is 6.73. The van der Waals surface area contributed by atoms with Crippen molar-refractivity contribution >= 4 is 27.7 Å². The Balaban J connectivity index is 1.16. The Kier molecular flexibility index (Phi) is 8.98. The van der Waals surface area contributed by atoms with Gasteiger partial charge >= 0.3 is 5.97 Å². The molecule has 0 aliphatic carbocycles. The number of esters is 1. The van der Waals surface area contributed by atoms with Gasteiger partial charge < -0.3 is 24.8 Å². The minimum Gasteiger partial charge on any atom is -0.456 e. The lowest BCUT2D eigenvalue weighted by Crippen LogP contribution is -2.45. The second-order valence-corrected chi connectivity index (χ2v) is 11.7. The molecule has 1 aromatic heterocycles. The number of unbranched alkanes of at least 4 members (excludes halogenated alkanes) is 1. The molecule has 0 saturated carbocycles. The molecule has 2 N–H and O–H groups in total. The van der Waals surface area contributed by atoms with Crippen LogP contribution in [0.15, 0.2) is 30.3 Å². The van der Waals surface area contributed by atoms with Gasteiger partial charge in [0.2, 0.25) is 0 Å². The number of hydrogen-bond acceptors (Lipinski definition) is 7. The molecule has 7 nitrogen and oxygen atoms in total. The van der Waals surface area contributed by atoms with E-state index in [9.17, 15) is 9.18 Å². The average Bonchev–Trinajstić information content (AvgIpc) is 3.63. The third-order valence-corrected chi connectivity index (χ3v) is 8.45. The van der Waals surface area contributed by atoms with Crippen molar-refractivity contribution in [3.63, 3.8) is 0 Å². The molecule has 3 aliphatic heterocycles. The van der Waals surface area contributed by atoms with Gasteiger partial charge in [0.15, 0.2) is 0 Å². The highest BCUT2D eigenvalue weighted by molar-refractivity contribution is 9.09. The van der Waals surface area contributed by atoms with Gasteiger partial charge in [-0.15, -0.1) is 0 Å². The minimum absolute atomic E-state index is 0.130. The fourth-order valence-corrected chi connectivity index (χ4v) is 5.99. The van der Waals surface area contributed by atoms with Crippen LogP contribution in [0.1, 0.15) is 72.3 Å². The maximum Gasteiger partial charge on any atom is 0.324 e. The summed E-state index contributed by atoms with van der Waals surface area (Å²) in [6, 6.07) is 8.66. The Bertz CT molecular complexity index is 1120. The van der Waals surface area contributed by atoms with Gasteiger partial charge in [-0.25, -0.2) is 9.37 Å². The first-order chi connectivity index (χ1) is 18.4. The van der Waals surface area contributed by atoms with Gasteiger partial charge in [0.1, 0.15) is 22.1 Å². The van der Waals surface area contributed by atoms with Crippen molar-refractivity contribution in [2.45, 2.75) is 74.5 Å². The predicted octanol–water partition coefficient (Wildman–Crippen LogP) is 5.18. The monoisotopic (exact) mass is 589 g/mol. The SMILES string of the molecule is CC1(OC(=O)C(Br)c2cc(F)ccc2C2CCCO2)CNc2nc(CCCCO[C@@H]3CCNC3)ccc2C1. The number of nitrogens with zero attached hydrogens (tertiary/aromatic N) is 1. The molecule has 2 fully saturated rings. The number of pyridine rings is 1. The zero-order valence-electron chi connectivity index (χ0n) is 21.9. The van der Waals surface area contributed by atoms with E-state index in [0.29, 0.717) is 31.2 Å². The number of hydrogen-bond donors (Lipinski definition) is 2. The highest BCUT2D eigenvalue weighted by Crippen LogP contribution is 2.38. The molecule has 9 heteroatoms. The number of rotatable bonds is 10. The number of carbonyl (C=O) groups excluding carboxylic acids is 1. The van der Waals surface area contributed by atoms with Crippen LogP contribution in [0.5, 0.6) is 0 Å². The average molecular weight is 591 g/mol. The summed E-state index contributed by atoms with van der Waals surface area (Å²) in [5.74, 6) is 0.0206. The first kappa shape index (κ1) is 27.5. The van der Waals surface area contributed by atoms with Crippen LogP contribution in [-0.4, -0.2) is 55.5 Å². The van der Waals surface area contributed by atoms with Crippen molar-refractivity contribution < 1.29 is 23.4 Å². The smallest absolute Gasteiger partial charge is 0.324 e. The highest BCUT2D eigenvalue weighted by atomic mass is 79.9. The molecule has 1 aromatic carbocycles. The van der Waals surface area contributed by atoms with E-state index in [0.717, 1.165) is 80.9 Å². The first-order valence-electron chi connectivity index (χ1n) is 13.7. The summed E-state index contributed by atoms with van der Waals surface area (Å²) in [7, 11) is 0. The molecule has 5 rings (SSSR count). The highest BCUT2D eigenvalue weighted by Gasteiger charge is 2.37. The second kappa shape index (κ2) is 12.4. The molecule has 206 valence electrons. The molecule has 4 atom stereocenters. The van der Waals surface area contributed by atoms with E-state index < -0.39 is 16.4 Å². The van der Waals surface area contributed by atoms with E-state index >= 15 is 0 Å². The number of benzene rings is 1. The molecule has 4 heterocycles. The molecular formula is C29H37BrFN3O4. The summed E-state index contributed by atoms with van der Waals surface area (Å²) in [6.45, 7) is 5.84. The zero-order chi connectivity index (χ0) is 26.5. The van der Waals surface area contributed by atoms with Crippen LogP contribution in [0, 0.1) is 5.82 Å². The van der Waals surface area contributed by atoms with Crippen molar-refractivity contribution in [1.29, 1.82) is 0 Å². The quantitative estimate of drug-likeness (QED) is 0.224. The minimum atomic E-state index is -0.787. The van der Waals surface area contributed by atoms with Crippen LogP contribution in [-0.2, 0) is 31.8 Å². The summed E-state index contributed by atoms with van der Waals surface area (Å²) in [6.07, 6.45) is 6.64. The van der Waals surface area contributed by atoms with E-state index in [1.54, 1.807) is 6.07 Å². The number of halogens is 2. The molecule has 3 aliphatic rings. The topological polar surface area (TPSA) is 81.7 Å². The predicted molar refractivity (Wildman–Crippen MR) is 147 cm³/mol. The Morgan fingerprint density at radius 1 is 1.29 bits per heavy atom. The zero-order valence-corrected chi connectivity index (χ0v) is 23.5. The molecule has 3 unspecified atom stereocenters. The summed E-state index contributed by atoms with van der Waals surface area (Å²) in [4.78, 5) is 17.3. The van der Waals surface area contributed by atoms with E-state index in [1.807, 2.05) is 6.92 Å². The van der Waals surface area contributed by atoms with Crippen LogP contribution in [0.4, 0.5) is 10.2 Å². The van der Waals surface area contributed by atoms with Gasteiger partial charge in [-0.3, -0.25) is 4.79 Å². The van der Waals surface area contributed by atoms with E-state index in [1.165, 1.54) is 12.1 Å². The van der Waals surface area contributed by atoms with Gasteiger partial charge in [-0.1, -0.05) is 28.1 Å². The number of alkyl halides is 1. The van der Waals surface area contributed by atoms with Gasteiger partial charge in [-0.05, 0) is 86.9 Å². The fourth-order valence-electron chi connectivity index (χ4n) is 5.50. The Morgan fingerprint density at radius 3 is 2.97 bits per heavy atom. The number of carbonyl (C=O) groups is 1. The second-order valence-electron chi connectivity index (χ2n) is 10.8. The van der Waals surface area contributed by atoms with Crippen molar-refractivity contribution in [3.8, 4) is 0 Å². The van der Waals surface area contributed by atoms with Crippen LogP contribution in [0.2, 0.25) is 0 Å². The van der Waals surface area contributed by atoms with E-state index in [-0.39, 0.29) is 11.9 Å². The van der Waals surface area contributed by atoms with Crippen LogP contribution < -0.4 is 10.6 Å². The lowest BCUT2D eigenvalue weighted by atomic mass is 9.92. The summed E-state index contributed by atoms with van der Waals surface area (Å²) < 4.78 is 31.9. The lowest BCUT2D eigenvalue weighted by molar-refractivity contribution is -0.156. The number of aromatic nitrogens is 1. The number of fused-ring (bicyclic) bond motifs is 1. The first-order valence-corrected chi connectivity index (χ1v) is 14.6. The molecule has 2 aromatic rings. The lowest BCUT2D eigenvalue weighted by Gasteiger charge is -2.35.